The summed E-state index contributed by atoms with van der Waals surface area (Å²) >= 11 is 1.48. The normalized spacial score (nSPS) is 16.1. The minimum Gasteiger partial charge on any atom is -0.372 e. The lowest BCUT2D eigenvalue weighted by Gasteiger charge is -2.27. The smallest absolute Gasteiger partial charge is 0.254 e. The Morgan fingerprint density at radius 1 is 1.27 bits per heavy atom. The van der Waals surface area contributed by atoms with Gasteiger partial charge in [0, 0.05) is 48.2 Å². The molecular formula is C23H32N4O2S. The van der Waals surface area contributed by atoms with Crippen molar-refractivity contribution < 1.29 is 4.79 Å². The number of aromatic nitrogens is 2. The maximum atomic E-state index is 12.9. The van der Waals surface area contributed by atoms with Gasteiger partial charge >= 0.3 is 0 Å². The van der Waals surface area contributed by atoms with Gasteiger partial charge in [-0.25, -0.2) is 4.98 Å². The number of anilines is 2. The molecule has 1 unspecified atom stereocenters. The number of nitrogens with zero attached hydrogens (tertiary/aromatic N) is 3. The first-order valence-electron chi connectivity index (χ1n) is 10.6. The second-order valence-electron chi connectivity index (χ2n) is 8.79. The first-order valence-corrected chi connectivity index (χ1v) is 11.5. The highest BCUT2D eigenvalue weighted by molar-refractivity contribution is 7.99. The fraction of sp³-hybridized carbons (Fsp3) is 0.522. The second-order valence-corrected chi connectivity index (χ2v) is 9.78. The monoisotopic (exact) mass is 428 g/mol. The quantitative estimate of drug-likeness (QED) is 0.728. The number of hydrogen-bond donors (Lipinski definition) is 1. The molecule has 0 saturated heterocycles. The van der Waals surface area contributed by atoms with Crippen LogP contribution in [0.25, 0.3) is 0 Å². The molecule has 0 aliphatic carbocycles. The Bertz CT molecular complexity index is 990. The van der Waals surface area contributed by atoms with Gasteiger partial charge in [-0.15, -0.1) is 0 Å². The van der Waals surface area contributed by atoms with E-state index in [1.54, 1.807) is 10.6 Å². The average molecular weight is 429 g/mol. The van der Waals surface area contributed by atoms with Gasteiger partial charge in [0.25, 0.3) is 5.56 Å². The van der Waals surface area contributed by atoms with Crippen LogP contribution >= 0.6 is 11.8 Å². The van der Waals surface area contributed by atoms with Gasteiger partial charge in [0.05, 0.1) is 11.6 Å². The molecule has 0 radical (unpaired) electrons. The zero-order chi connectivity index (χ0) is 22.1. The molecule has 1 aromatic heterocycles. The molecule has 1 atom stereocenters. The maximum absolute atomic E-state index is 12.9. The van der Waals surface area contributed by atoms with Crippen molar-refractivity contribution in [3.63, 3.8) is 0 Å². The summed E-state index contributed by atoms with van der Waals surface area (Å²) in [5, 5.41) is 3.77. The number of thioether (sulfide) groups is 1. The number of carbonyl (C=O) groups excluding carboxylic acids is 1. The molecule has 7 heteroatoms. The van der Waals surface area contributed by atoms with Crippen molar-refractivity contribution in [2.75, 3.05) is 29.1 Å². The Balaban J connectivity index is 1.75. The summed E-state index contributed by atoms with van der Waals surface area (Å²) in [5.74, 6) is 0.283. The van der Waals surface area contributed by atoms with Gasteiger partial charge in [-0.2, -0.15) is 0 Å². The van der Waals surface area contributed by atoms with Crippen LogP contribution in [0, 0.1) is 12.8 Å². The molecule has 1 aliphatic heterocycles. The molecule has 2 aromatic rings. The van der Waals surface area contributed by atoms with Crippen molar-refractivity contribution in [1.82, 2.24) is 9.55 Å². The van der Waals surface area contributed by atoms with Crippen LogP contribution in [0.1, 0.15) is 45.9 Å². The van der Waals surface area contributed by atoms with Crippen molar-refractivity contribution in [2.45, 2.75) is 58.7 Å². The third-order valence-electron chi connectivity index (χ3n) is 5.53. The van der Waals surface area contributed by atoms with E-state index >= 15 is 0 Å². The molecular weight excluding hydrogens is 396 g/mol. The molecule has 0 fully saturated rings. The van der Waals surface area contributed by atoms with E-state index in [9.17, 15) is 9.59 Å². The van der Waals surface area contributed by atoms with Gasteiger partial charge in [-0.1, -0.05) is 32.5 Å². The van der Waals surface area contributed by atoms with Crippen molar-refractivity contribution in [3.8, 4) is 0 Å². The number of benzene rings is 1. The molecule has 0 saturated carbocycles. The lowest BCUT2D eigenvalue weighted by Crippen LogP contribution is -2.37. The van der Waals surface area contributed by atoms with E-state index in [0.29, 0.717) is 17.5 Å². The number of hydrogen-bond acceptors (Lipinski definition) is 5. The Morgan fingerprint density at radius 2 is 1.97 bits per heavy atom. The molecule has 1 aliphatic rings. The maximum Gasteiger partial charge on any atom is 0.254 e. The zero-order valence-electron chi connectivity index (χ0n) is 18.8. The van der Waals surface area contributed by atoms with E-state index in [4.69, 9.17) is 0 Å². The minimum absolute atomic E-state index is 0.0568. The molecule has 162 valence electrons. The van der Waals surface area contributed by atoms with Crippen molar-refractivity contribution in [1.29, 1.82) is 0 Å². The topological polar surface area (TPSA) is 67.2 Å². The highest BCUT2D eigenvalue weighted by atomic mass is 32.2. The van der Waals surface area contributed by atoms with Crippen LogP contribution in [0.15, 0.2) is 34.2 Å². The Labute approximate surface area is 183 Å². The molecule has 3 rings (SSSR count). The first kappa shape index (κ1) is 22.4. The largest absolute Gasteiger partial charge is 0.372 e. The van der Waals surface area contributed by atoms with Crippen LogP contribution < -0.4 is 15.8 Å². The van der Waals surface area contributed by atoms with Crippen molar-refractivity contribution >= 4 is 29.0 Å². The summed E-state index contributed by atoms with van der Waals surface area (Å²) in [7, 11) is 0. The van der Waals surface area contributed by atoms with E-state index in [-0.39, 0.29) is 22.8 Å². The molecule has 1 aromatic carbocycles. The van der Waals surface area contributed by atoms with Gasteiger partial charge in [0.1, 0.15) is 0 Å². The van der Waals surface area contributed by atoms with Crippen molar-refractivity contribution in [2.24, 2.45) is 5.92 Å². The van der Waals surface area contributed by atoms with Crippen LogP contribution in [0.5, 0.6) is 0 Å². The third-order valence-corrected chi connectivity index (χ3v) is 6.66. The van der Waals surface area contributed by atoms with E-state index in [1.807, 2.05) is 39.8 Å². The van der Waals surface area contributed by atoms with E-state index < -0.39 is 0 Å². The fourth-order valence-electron chi connectivity index (χ4n) is 3.56. The molecule has 6 nitrogen and oxygen atoms in total. The van der Waals surface area contributed by atoms with Crippen molar-refractivity contribution in [3.05, 3.63) is 45.9 Å². The van der Waals surface area contributed by atoms with Crippen LogP contribution in [0.2, 0.25) is 0 Å². The summed E-state index contributed by atoms with van der Waals surface area (Å²) < 4.78 is 1.63. The number of fused-ring (bicyclic) bond motifs is 1. The lowest BCUT2D eigenvalue weighted by atomic mass is 9.92. The van der Waals surface area contributed by atoms with Gasteiger partial charge < -0.3 is 10.2 Å². The van der Waals surface area contributed by atoms with Crippen LogP contribution in [-0.4, -0.2) is 34.3 Å². The molecule has 30 heavy (non-hydrogen) atoms. The Morgan fingerprint density at radius 3 is 2.57 bits per heavy atom. The molecule has 2 heterocycles. The molecule has 1 amide bonds. The van der Waals surface area contributed by atoms with E-state index in [1.165, 1.54) is 11.8 Å². The standard InChI is InChI=1S/C23H32N4O2S/c1-7-26(8-2)17-9-10-18(15(3)11-17)24-21(29)16-13-27-20(28)12-19(23(4,5)6)25-22(27)30-14-16/h9-12,16H,7-8,13-14H2,1-6H3,(H,24,29). The molecule has 1 N–H and O–H groups in total. The summed E-state index contributed by atoms with van der Waals surface area (Å²) in [6.07, 6.45) is 0. The predicted octanol–water partition coefficient (Wildman–Crippen LogP) is 4.06. The van der Waals surface area contributed by atoms with Gasteiger partial charge in [0.2, 0.25) is 5.91 Å². The third kappa shape index (κ3) is 4.72. The van der Waals surface area contributed by atoms with Gasteiger partial charge in [-0.3, -0.25) is 14.2 Å². The summed E-state index contributed by atoms with van der Waals surface area (Å²) in [6, 6.07) is 7.72. The van der Waals surface area contributed by atoms with E-state index in [0.717, 1.165) is 35.7 Å². The first-order chi connectivity index (χ1) is 14.1. The summed E-state index contributed by atoms with van der Waals surface area (Å²) in [4.78, 5) is 32.5. The number of amides is 1. The second kappa shape index (κ2) is 8.84. The van der Waals surface area contributed by atoms with Crippen LogP contribution in [0.3, 0.4) is 0 Å². The van der Waals surface area contributed by atoms with E-state index in [2.05, 4.69) is 35.1 Å². The average Bonchev–Trinajstić information content (AvgIpc) is 2.69. The number of aryl methyl sites for hydroxylation is 1. The minimum atomic E-state index is -0.274. The van der Waals surface area contributed by atoms with Gasteiger partial charge in [0.15, 0.2) is 5.16 Å². The molecule has 0 spiro atoms. The van der Waals surface area contributed by atoms with Gasteiger partial charge in [-0.05, 0) is 44.5 Å². The number of rotatable bonds is 5. The zero-order valence-corrected chi connectivity index (χ0v) is 19.6. The predicted molar refractivity (Wildman–Crippen MR) is 125 cm³/mol. The highest BCUT2D eigenvalue weighted by Gasteiger charge is 2.29. The summed E-state index contributed by atoms with van der Waals surface area (Å²) in [5.41, 5.74) is 3.53. The lowest BCUT2D eigenvalue weighted by molar-refractivity contribution is -0.119. The Hall–Kier alpha value is -2.28. The highest BCUT2D eigenvalue weighted by Crippen LogP contribution is 2.29. The number of carbonyl (C=O) groups is 1. The van der Waals surface area contributed by atoms with Crippen LogP contribution in [0.4, 0.5) is 11.4 Å². The Kier molecular flexibility index (Phi) is 6.60. The molecule has 0 bridgehead atoms. The fourth-order valence-corrected chi connectivity index (χ4v) is 4.65. The van der Waals surface area contributed by atoms with Crippen LogP contribution in [-0.2, 0) is 16.8 Å². The summed E-state index contributed by atoms with van der Waals surface area (Å²) in [6.45, 7) is 14.7. The number of nitrogens with one attached hydrogen (secondary N) is 1. The SMILES string of the molecule is CCN(CC)c1ccc(NC(=O)C2CSc3nc(C(C)(C)C)cc(=O)n3C2)c(C)c1.